The number of nitrogens with zero attached hydrogens (tertiary/aromatic N) is 4. The van der Waals surface area contributed by atoms with Crippen molar-refractivity contribution in [3.05, 3.63) is 29.8 Å². The predicted molar refractivity (Wildman–Crippen MR) is 145 cm³/mol. The summed E-state index contributed by atoms with van der Waals surface area (Å²) in [6.07, 6.45) is 3.74. The van der Waals surface area contributed by atoms with E-state index in [9.17, 15) is 0 Å². The zero-order chi connectivity index (χ0) is 22.3. The van der Waals surface area contributed by atoms with Gasteiger partial charge in [0.2, 0.25) is 0 Å². The summed E-state index contributed by atoms with van der Waals surface area (Å²) in [5.74, 6) is 3.27. The monoisotopic (exact) mass is 571 g/mol. The molecule has 1 N–H and O–H groups in total. The first-order valence-electron chi connectivity index (χ1n) is 12.3. The van der Waals surface area contributed by atoms with Crippen molar-refractivity contribution in [1.82, 2.24) is 20.0 Å². The maximum absolute atomic E-state index is 5.50. The van der Waals surface area contributed by atoms with Gasteiger partial charge in [0, 0.05) is 52.4 Å². The average molecular weight is 572 g/mol. The van der Waals surface area contributed by atoms with Gasteiger partial charge in [-0.2, -0.15) is 0 Å². The Hall–Kier alpha value is -1.10. The molecule has 3 saturated heterocycles. The number of halogens is 1. The van der Waals surface area contributed by atoms with Crippen molar-refractivity contribution in [3.8, 4) is 5.75 Å². The normalized spacial score (nSPS) is 27.3. The number of nitrogens with one attached hydrogen (secondary N) is 1. The van der Waals surface area contributed by atoms with Crippen molar-refractivity contribution in [2.75, 3.05) is 80.2 Å². The molecule has 33 heavy (non-hydrogen) atoms. The number of piperidine rings is 1. The van der Waals surface area contributed by atoms with Gasteiger partial charge in [-0.3, -0.25) is 14.8 Å². The standard InChI is InChI=1S/C25H41N5O2.HI/c1-26-25(30-12-10-20(19-30)18-29-13-15-32-16-14-29)27-17-22-5-4-11-28(2)24(22)21-6-8-23(31-3)9-7-21;/h6-9,20,22,24H,4-5,10-19H2,1-3H3,(H,26,27);1H. The molecule has 0 bridgehead atoms. The Morgan fingerprint density at radius 1 is 1.12 bits per heavy atom. The van der Waals surface area contributed by atoms with E-state index in [1.54, 1.807) is 7.11 Å². The van der Waals surface area contributed by atoms with E-state index in [2.05, 4.69) is 56.3 Å². The molecule has 1 aromatic rings. The number of likely N-dealkylation sites (tertiary alicyclic amines) is 2. The molecule has 4 rings (SSSR count). The molecule has 186 valence electrons. The molecule has 3 atom stereocenters. The van der Waals surface area contributed by atoms with Crippen LogP contribution < -0.4 is 10.1 Å². The molecule has 0 amide bonds. The lowest BCUT2D eigenvalue weighted by molar-refractivity contribution is 0.0315. The third kappa shape index (κ3) is 6.96. The van der Waals surface area contributed by atoms with Gasteiger partial charge >= 0.3 is 0 Å². The minimum absolute atomic E-state index is 0. The second-order valence-corrected chi connectivity index (χ2v) is 9.54. The molecule has 0 saturated carbocycles. The molecule has 3 unspecified atom stereocenters. The van der Waals surface area contributed by atoms with Crippen LogP contribution in [0, 0.1) is 11.8 Å². The minimum Gasteiger partial charge on any atom is -0.497 e. The van der Waals surface area contributed by atoms with Crippen LogP contribution in [0.2, 0.25) is 0 Å². The zero-order valence-corrected chi connectivity index (χ0v) is 22.9. The molecule has 7 nitrogen and oxygen atoms in total. The number of ether oxygens (including phenoxy) is 2. The van der Waals surface area contributed by atoms with Crippen LogP contribution in [0.4, 0.5) is 0 Å². The van der Waals surface area contributed by atoms with Gasteiger partial charge in [0.25, 0.3) is 0 Å². The smallest absolute Gasteiger partial charge is 0.193 e. The molecule has 0 aromatic heterocycles. The molecule has 3 heterocycles. The van der Waals surface area contributed by atoms with Gasteiger partial charge in [-0.1, -0.05) is 12.1 Å². The largest absolute Gasteiger partial charge is 0.497 e. The van der Waals surface area contributed by atoms with Crippen molar-refractivity contribution in [1.29, 1.82) is 0 Å². The number of hydrogen-bond donors (Lipinski definition) is 1. The van der Waals surface area contributed by atoms with Gasteiger partial charge in [0.15, 0.2) is 5.96 Å². The molecule has 3 aliphatic heterocycles. The Bertz CT molecular complexity index is 741. The van der Waals surface area contributed by atoms with E-state index in [4.69, 9.17) is 9.47 Å². The topological polar surface area (TPSA) is 52.6 Å². The van der Waals surface area contributed by atoms with Gasteiger partial charge < -0.3 is 19.7 Å². The second-order valence-electron chi connectivity index (χ2n) is 9.54. The van der Waals surface area contributed by atoms with Crippen LogP contribution in [0.25, 0.3) is 0 Å². The molecule has 3 aliphatic rings. The number of aliphatic imine (C=N–C) groups is 1. The molecule has 3 fully saturated rings. The van der Waals surface area contributed by atoms with Crippen molar-refractivity contribution in [3.63, 3.8) is 0 Å². The maximum Gasteiger partial charge on any atom is 0.193 e. The maximum atomic E-state index is 5.50. The van der Waals surface area contributed by atoms with Crippen LogP contribution in [-0.4, -0.2) is 101 Å². The average Bonchev–Trinajstić information content (AvgIpc) is 3.28. The Morgan fingerprint density at radius 3 is 2.58 bits per heavy atom. The van der Waals surface area contributed by atoms with Gasteiger partial charge in [-0.25, -0.2) is 0 Å². The van der Waals surface area contributed by atoms with Crippen LogP contribution in [0.15, 0.2) is 29.3 Å². The highest BCUT2D eigenvalue weighted by molar-refractivity contribution is 14.0. The summed E-state index contributed by atoms with van der Waals surface area (Å²) < 4.78 is 10.9. The lowest BCUT2D eigenvalue weighted by Crippen LogP contribution is -2.46. The third-order valence-electron chi connectivity index (χ3n) is 7.40. The van der Waals surface area contributed by atoms with Crippen LogP contribution >= 0.6 is 24.0 Å². The number of morpholine rings is 1. The molecule has 0 aliphatic carbocycles. The molecule has 0 spiro atoms. The highest BCUT2D eigenvalue weighted by atomic mass is 127. The molecular weight excluding hydrogens is 529 g/mol. The fourth-order valence-corrected chi connectivity index (χ4v) is 5.68. The Kier molecular flexibility index (Phi) is 10.5. The van der Waals surface area contributed by atoms with E-state index in [0.717, 1.165) is 70.1 Å². The number of benzene rings is 1. The summed E-state index contributed by atoms with van der Waals surface area (Å²) in [5, 5.41) is 3.74. The summed E-state index contributed by atoms with van der Waals surface area (Å²) in [6, 6.07) is 9.04. The SMILES string of the molecule is CN=C(NCC1CCCN(C)C1c1ccc(OC)cc1)N1CCC(CN2CCOCC2)C1.I. The predicted octanol–water partition coefficient (Wildman–Crippen LogP) is 2.93. The third-order valence-corrected chi connectivity index (χ3v) is 7.40. The zero-order valence-electron chi connectivity index (χ0n) is 20.5. The van der Waals surface area contributed by atoms with Crippen molar-refractivity contribution >= 4 is 29.9 Å². The highest BCUT2D eigenvalue weighted by Crippen LogP contribution is 2.35. The molecule has 8 heteroatoms. The Morgan fingerprint density at radius 2 is 1.88 bits per heavy atom. The first-order valence-corrected chi connectivity index (χ1v) is 12.3. The second kappa shape index (κ2) is 13.1. The fraction of sp³-hybridized carbons (Fsp3) is 0.720. The Labute approximate surface area is 216 Å². The summed E-state index contributed by atoms with van der Waals surface area (Å²) in [4.78, 5) is 12.2. The first kappa shape index (κ1) is 26.5. The summed E-state index contributed by atoms with van der Waals surface area (Å²) in [7, 11) is 5.90. The summed E-state index contributed by atoms with van der Waals surface area (Å²) in [6.45, 7) is 9.40. The fourth-order valence-electron chi connectivity index (χ4n) is 5.68. The highest BCUT2D eigenvalue weighted by Gasteiger charge is 2.32. The van der Waals surface area contributed by atoms with Crippen molar-refractivity contribution in [2.45, 2.75) is 25.3 Å². The van der Waals surface area contributed by atoms with Crippen LogP contribution in [-0.2, 0) is 4.74 Å². The van der Waals surface area contributed by atoms with Gasteiger partial charge in [0.05, 0.1) is 20.3 Å². The van der Waals surface area contributed by atoms with Crippen molar-refractivity contribution in [2.24, 2.45) is 16.8 Å². The first-order chi connectivity index (χ1) is 15.7. The van der Waals surface area contributed by atoms with Crippen LogP contribution in [0.3, 0.4) is 0 Å². The van der Waals surface area contributed by atoms with Gasteiger partial charge in [-0.15, -0.1) is 24.0 Å². The number of guanidine groups is 1. The number of rotatable bonds is 6. The van der Waals surface area contributed by atoms with E-state index < -0.39 is 0 Å². The van der Waals surface area contributed by atoms with Crippen LogP contribution in [0.1, 0.15) is 30.9 Å². The lowest BCUT2D eigenvalue weighted by Gasteiger charge is -2.40. The molecule has 1 aromatic carbocycles. The number of methoxy groups -OCH3 is 1. The lowest BCUT2D eigenvalue weighted by atomic mass is 9.85. The number of hydrogen-bond acceptors (Lipinski definition) is 5. The summed E-state index contributed by atoms with van der Waals surface area (Å²) >= 11 is 0. The molecular formula is C25H42IN5O2. The van der Waals surface area contributed by atoms with E-state index in [-0.39, 0.29) is 24.0 Å². The van der Waals surface area contributed by atoms with E-state index in [1.807, 2.05) is 7.05 Å². The van der Waals surface area contributed by atoms with E-state index in [0.29, 0.717) is 12.0 Å². The summed E-state index contributed by atoms with van der Waals surface area (Å²) in [5.41, 5.74) is 1.38. The van der Waals surface area contributed by atoms with E-state index in [1.165, 1.54) is 31.4 Å². The van der Waals surface area contributed by atoms with Gasteiger partial charge in [-0.05, 0) is 62.4 Å². The van der Waals surface area contributed by atoms with Crippen LogP contribution in [0.5, 0.6) is 5.75 Å². The molecule has 0 radical (unpaired) electrons. The Balaban J connectivity index is 0.00000306. The minimum atomic E-state index is 0. The van der Waals surface area contributed by atoms with Gasteiger partial charge in [0.1, 0.15) is 5.75 Å². The van der Waals surface area contributed by atoms with Crippen molar-refractivity contribution < 1.29 is 9.47 Å². The quantitative estimate of drug-likeness (QED) is 0.322. The van der Waals surface area contributed by atoms with E-state index >= 15 is 0 Å².